The highest BCUT2D eigenvalue weighted by Gasteiger charge is 2.38. The summed E-state index contributed by atoms with van der Waals surface area (Å²) in [6, 6.07) is 17.2. The van der Waals surface area contributed by atoms with Crippen molar-refractivity contribution in [3.05, 3.63) is 66.2 Å². The molecule has 0 unspecified atom stereocenters. The third-order valence-electron chi connectivity index (χ3n) is 4.19. The molecule has 1 heterocycles. The molecule has 134 valence electrons. The molecule has 0 aliphatic carbocycles. The van der Waals surface area contributed by atoms with E-state index < -0.39 is 11.5 Å². The third-order valence-corrected chi connectivity index (χ3v) is 4.19. The fourth-order valence-corrected chi connectivity index (χ4v) is 2.89. The van der Waals surface area contributed by atoms with Crippen LogP contribution in [-0.4, -0.2) is 30.6 Å². The first-order valence-corrected chi connectivity index (χ1v) is 8.56. The first-order chi connectivity index (χ1) is 12.5. The number of amides is 1. The Bertz CT molecular complexity index is 828. The van der Waals surface area contributed by atoms with Crippen LogP contribution in [0.4, 0.5) is 11.4 Å². The Morgan fingerprint density at radius 3 is 2.58 bits per heavy atom. The van der Waals surface area contributed by atoms with Crippen LogP contribution in [-0.2, 0) is 14.3 Å². The summed E-state index contributed by atoms with van der Waals surface area (Å²) < 4.78 is 5.26. The maximum Gasteiger partial charge on any atom is 0.330 e. The zero-order valence-corrected chi connectivity index (χ0v) is 14.9. The number of hydrogen-bond acceptors (Lipinski definition) is 4. The van der Waals surface area contributed by atoms with Gasteiger partial charge in [-0.2, -0.15) is 0 Å². The molecule has 3 rings (SSSR count). The van der Waals surface area contributed by atoms with E-state index in [1.54, 1.807) is 11.0 Å². The van der Waals surface area contributed by atoms with E-state index >= 15 is 0 Å². The van der Waals surface area contributed by atoms with Gasteiger partial charge in [0, 0.05) is 6.08 Å². The average molecular weight is 350 g/mol. The highest BCUT2D eigenvalue weighted by atomic mass is 16.5. The lowest BCUT2D eigenvalue weighted by Gasteiger charge is -2.39. The van der Waals surface area contributed by atoms with Crippen LogP contribution in [0.25, 0.3) is 6.08 Å². The molecule has 26 heavy (non-hydrogen) atoms. The van der Waals surface area contributed by atoms with Crippen molar-refractivity contribution >= 4 is 29.3 Å². The van der Waals surface area contributed by atoms with Gasteiger partial charge in [-0.05, 0) is 37.6 Å². The smallest absolute Gasteiger partial charge is 0.330 e. The van der Waals surface area contributed by atoms with Gasteiger partial charge in [-0.25, -0.2) is 4.79 Å². The van der Waals surface area contributed by atoms with Crippen LogP contribution < -0.4 is 10.2 Å². The topological polar surface area (TPSA) is 58.6 Å². The number of para-hydroxylation sites is 2. The quantitative estimate of drug-likeness (QED) is 0.662. The van der Waals surface area contributed by atoms with Crippen LogP contribution in [0.5, 0.6) is 0 Å². The standard InChI is InChI=1S/C21H22N2O3/c1-21(2)20(25)23(18-11-7-6-10-17(18)22-21)14-15-26-19(24)13-12-16-8-4-3-5-9-16/h3-13,22H,14-15H2,1-2H3/b13-12+. The molecule has 0 aromatic heterocycles. The lowest BCUT2D eigenvalue weighted by Crippen LogP contribution is -2.54. The normalized spacial score (nSPS) is 15.5. The number of anilines is 2. The number of nitrogens with zero attached hydrogens (tertiary/aromatic N) is 1. The first-order valence-electron chi connectivity index (χ1n) is 8.56. The molecule has 1 aliphatic heterocycles. The Hall–Kier alpha value is -3.08. The SMILES string of the molecule is CC1(C)Nc2ccccc2N(CCOC(=O)/C=C/c2ccccc2)C1=O. The molecule has 0 atom stereocenters. The zero-order valence-electron chi connectivity index (χ0n) is 14.9. The van der Waals surface area contributed by atoms with E-state index in [-0.39, 0.29) is 12.5 Å². The second kappa shape index (κ2) is 7.44. The Kier molecular flexibility index (Phi) is 5.07. The predicted molar refractivity (Wildman–Crippen MR) is 103 cm³/mol. The first kappa shape index (κ1) is 17.7. The Labute approximate surface area is 153 Å². The van der Waals surface area contributed by atoms with Crippen LogP contribution in [0.2, 0.25) is 0 Å². The van der Waals surface area contributed by atoms with Gasteiger partial charge < -0.3 is 15.0 Å². The monoisotopic (exact) mass is 350 g/mol. The van der Waals surface area contributed by atoms with E-state index in [2.05, 4.69) is 5.32 Å². The average Bonchev–Trinajstić information content (AvgIpc) is 2.64. The number of benzene rings is 2. The number of fused-ring (bicyclic) bond motifs is 1. The molecular weight excluding hydrogens is 328 g/mol. The van der Waals surface area contributed by atoms with Crippen LogP contribution >= 0.6 is 0 Å². The third kappa shape index (κ3) is 3.94. The van der Waals surface area contributed by atoms with Gasteiger partial charge in [0.05, 0.1) is 17.9 Å². The molecule has 2 aromatic carbocycles. The molecule has 1 N–H and O–H groups in total. The number of ether oxygens (including phenoxy) is 1. The van der Waals surface area contributed by atoms with Crippen LogP contribution in [0.1, 0.15) is 19.4 Å². The predicted octanol–water partition coefficient (Wildman–Crippen LogP) is 3.48. The van der Waals surface area contributed by atoms with Gasteiger partial charge in [0.25, 0.3) is 5.91 Å². The van der Waals surface area contributed by atoms with Gasteiger partial charge in [0.1, 0.15) is 12.1 Å². The number of hydrogen-bond donors (Lipinski definition) is 1. The van der Waals surface area contributed by atoms with Crippen molar-refractivity contribution < 1.29 is 14.3 Å². The molecule has 0 saturated heterocycles. The summed E-state index contributed by atoms with van der Waals surface area (Å²) in [7, 11) is 0. The van der Waals surface area contributed by atoms with Gasteiger partial charge in [0.15, 0.2) is 0 Å². The molecule has 0 saturated carbocycles. The molecule has 5 heteroatoms. The number of carbonyl (C=O) groups excluding carboxylic acids is 2. The summed E-state index contributed by atoms with van der Waals surface area (Å²) in [6.45, 7) is 4.12. The second-order valence-corrected chi connectivity index (χ2v) is 6.64. The lowest BCUT2D eigenvalue weighted by molar-refractivity contribution is -0.137. The summed E-state index contributed by atoms with van der Waals surface area (Å²) in [6.07, 6.45) is 3.10. The minimum Gasteiger partial charge on any atom is -0.461 e. The lowest BCUT2D eigenvalue weighted by atomic mass is 9.98. The molecule has 5 nitrogen and oxygen atoms in total. The number of carbonyl (C=O) groups is 2. The number of esters is 1. The van der Waals surface area contributed by atoms with E-state index in [4.69, 9.17) is 4.74 Å². The summed E-state index contributed by atoms with van der Waals surface area (Å²) >= 11 is 0. The largest absolute Gasteiger partial charge is 0.461 e. The van der Waals surface area contributed by atoms with E-state index in [0.29, 0.717) is 6.54 Å². The van der Waals surface area contributed by atoms with E-state index in [1.807, 2.05) is 68.4 Å². The maximum atomic E-state index is 12.7. The van der Waals surface area contributed by atoms with E-state index in [1.165, 1.54) is 6.08 Å². The van der Waals surface area contributed by atoms with Gasteiger partial charge >= 0.3 is 5.97 Å². The molecule has 0 spiro atoms. The molecule has 1 aliphatic rings. The Morgan fingerprint density at radius 1 is 1.12 bits per heavy atom. The minimum atomic E-state index is -0.703. The van der Waals surface area contributed by atoms with Crippen LogP contribution in [0.15, 0.2) is 60.7 Å². The highest BCUT2D eigenvalue weighted by molar-refractivity contribution is 6.07. The van der Waals surface area contributed by atoms with Crippen molar-refractivity contribution in [2.75, 3.05) is 23.4 Å². The Balaban J connectivity index is 1.61. The van der Waals surface area contributed by atoms with Crippen molar-refractivity contribution in [1.29, 1.82) is 0 Å². The molecule has 0 radical (unpaired) electrons. The van der Waals surface area contributed by atoms with Gasteiger partial charge in [-0.1, -0.05) is 42.5 Å². The molecular formula is C21H22N2O3. The summed E-state index contributed by atoms with van der Waals surface area (Å²) in [5.41, 5.74) is 1.92. The van der Waals surface area contributed by atoms with E-state index in [9.17, 15) is 9.59 Å². The summed E-state index contributed by atoms with van der Waals surface area (Å²) in [5.74, 6) is -0.476. The second-order valence-electron chi connectivity index (χ2n) is 6.64. The molecule has 2 aromatic rings. The van der Waals surface area contributed by atoms with Crippen LogP contribution in [0, 0.1) is 0 Å². The van der Waals surface area contributed by atoms with Crippen molar-refractivity contribution in [3.63, 3.8) is 0 Å². The Morgan fingerprint density at radius 2 is 1.81 bits per heavy atom. The summed E-state index contributed by atoms with van der Waals surface area (Å²) in [5, 5.41) is 3.24. The van der Waals surface area contributed by atoms with Gasteiger partial charge in [-0.3, -0.25) is 4.79 Å². The summed E-state index contributed by atoms with van der Waals surface area (Å²) in [4.78, 5) is 26.3. The van der Waals surface area contributed by atoms with Crippen LogP contribution in [0.3, 0.4) is 0 Å². The maximum absolute atomic E-state index is 12.7. The minimum absolute atomic E-state index is 0.0490. The number of rotatable bonds is 5. The van der Waals surface area contributed by atoms with E-state index in [0.717, 1.165) is 16.9 Å². The fourth-order valence-electron chi connectivity index (χ4n) is 2.89. The number of nitrogens with one attached hydrogen (secondary N) is 1. The van der Waals surface area contributed by atoms with Gasteiger partial charge in [0.2, 0.25) is 0 Å². The fraction of sp³-hybridized carbons (Fsp3) is 0.238. The zero-order chi connectivity index (χ0) is 18.6. The van der Waals surface area contributed by atoms with Gasteiger partial charge in [-0.15, -0.1) is 0 Å². The molecule has 0 fully saturated rings. The van der Waals surface area contributed by atoms with Crippen molar-refractivity contribution in [2.45, 2.75) is 19.4 Å². The van der Waals surface area contributed by atoms with Crippen molar-refractivity contribution in [1.82, 2.24) is 0 Å². The van der Waals surface area contributed by atoms with Crippen molar-refractivity contribution in [3.8, 4) is 0 Å². The highest BCUT2D eigenvalue weighted by Crippen LogP contribution is 2.34. The molecule has 0 bridgehead atoms. The van der Waals surface area contributed by atoms with Crippen molar-refractivity contribution in [2.24, 2.45) is 0 Å². The molecule has 1 amide bonds.